The van der Waals surface area contributed by atoms with Crippen LogP contribution in [0.5, 0.6) is 5.75 Å². The summed E-state index contributed by atoms with van der Waals surface area (Å²) in [5, 5.41) is 5.56. The Hall–Kier alpha value is -0.840. The highest BCUT2D eigenvalue weighted by molar-refractivity contribution is 9.10. The fourth-order valence-electron chi connectivity index (χ4n) is 1.86. The summed E-state index contributed by atoms with van der Waals surface area (Å²) in [6.45, 7) is 5.75. The van der Waals surface area contributed by atoms with Gasteiger partial charge < -0.3 is 10.1 Å². The second-order valence-electron chi connectivity index (χ2n) is 4.47. The van der Waals surface area contributed by atoms with E-state index in [9.17, 15) is 0 Å². The average Bonchev–Trinajstić information content (AvgIpc) is 2.81. The maximum absolute atomic E-state index is 5.71. The molecule has 2 aromatic rings. The summed E-state index contributed by atoms with van der Waals surface area (Å²) >= 11 is 5.32. The van der Waals surface area contributed by atoms with Gasteiger partial charge in [0.25, 0.3) is 0 Å². The number of nitrogens with one attached hydrogen (secondary N) is 1. The largest absolute Gasteiger partial charge is 0.492 e. The van der Waals surface area contributed by atoms with Gasteiger partial charge in [0.05, 0.1) is 0 Å². The van der Waals surface area contributed by atoms with Crippen LogP contribution in [0.2, 0.25) is 0 Å². The maximum atomic E-state index is 5.71. The molecule has 0 spiro atoms. The van der Waals surface area contributed by atoms with Gasteiger partial charge in [0.15, 0.2) is 0 Å². The van der Waals surface area contributed by atoms with Crippen molar-refractivity contribution in [2.24, 2.45) is 0 Å². The Bertz CT molecular complexity index is 526. The lowest BCUT2D eigenvalue weighted by Gasteiger charge is -2.13. The molecular formula is C15H18BrNOS. The number of hydrogen-bond donors (Lipinski definition) is 1. The van der Waals surface area contributed by atoms with Crippen LogP contribution in [0.1, 0.15) is 23.4 Å². The highest BCUT2D eigenvalue weighted by Gasteiger charge is 2.09. The minimum absolute atomic E-state index is 0.343. The Morgan fingerprint density at radius 1 is 1.37 bits per heavy atom. The molecule has 2 rings (SSSR count). The van der Waals surface area contributed by atoms with Gasteiger partial charge in [-0.25, -0.2) is 0 Å². The van der Waals surface area contributed by atoms with Gasteiger partial charge >= 0.3 is 0 Å². The van der Waals surface area contributed by atoms with E-state index in [1.54, 1.807) is 11.3 Å². The lowest BCUT2D eigenvalue weighted by atomic mass is 10.2. The molecule has 0 saturated carbocycles. The predicted molar refractivity (Wildman–Crippen MR) is 85.1 cm³/mol. The van der Waals surface area contributed by atoms with Crippen LogP contribution in [0, 0.1) is 6.92 Å². The minimum Gasteiger partial charge on any atom is -0.492 e. The fraction of sp³-hybridized carbons (Fsp3) is 0.333. The topological polar surface area (TPSA) is 21.3 Å². The number of benzene rings is 1. The Morgan fingerprint density at radius 2 is 2.21 bits per heavy atom. The van der Waals surface area contributed by atoms with Crippen molar-refractivity contribution < 1.29 is 4.74 Å². The molecule has 0 fully saturated rings. The molecule has 0 aliphatic carbocycles. The molecule has 1 N–H and O–H groups in total. The molecule has 102 valence electrons. The third-order valence-electron chi connectivity index (χ3n) is 2.85. The van der Waals surface area contributed by atoms with Gasteiger partial charge in [-0.1, -0.05) is 12.1 Å². The number of rotatable bonds is 6. The van der Waals surface area contributed by atoms with Gasteiger partial charge in [-0.05, 0) is 58.9 Å². The van der Waals surface area contributed by atoms with E-state index < -0.39 is 0 Å². The first kappa shape index (κ1) is 14.6. The van der Waals surface area contributed by atoms with Crippen molar-refractivity contribution in [1.82, 2.24) is 5.32 Å². The summed E-state index contributed by atoms with van der Waals surface area (Å²) in [4.78, 5) is 1.33. The monoisotopic (exact) mass is 339 g/mol. The first-order valence-electron chi connectivity index (χ1n) is 6.32. The standard InChI is InChI=1S/C15H18BrNOS/c1-11-4-3-5-13(10-11)18-8-7-17-12(2)15-14(16)6-9-19-15/h3-6,9-10,12,17H,7-8H2,1-2H3. The second kappa shape index (κ2) is 7.08. The van der Waals surface area contributed by atoms with Gasteiger partial charge in [0, 0.05) is 21.9 Å². The van der Waals surface area contributed by atoms with E-state index >= 15 is 0 Å². The quantitative estimate of drug-likeness (QED) is 0.779. The van der Waals surface area contributed by atoms with Crippen molar-refractivity contribution in [2.75, 3.05) is 13.2 Å². The number of aryl methyl sites for hydroxylation is 1. The zero-order valence-corrected chi connectivity index (χ0v) is 13.6. The average molecular weight is 340 g/mol. The van der Waals surface area contributed by atoms with E-state index in [1.165, 1.54) is 14.9 Å². The predicted octanol–water partition coefficient (Wildman–Crippen LogP) is 4.55. The molecule has 1 aromatic carbocycles. The van der Waals surface area contributed by atoms with Crippen LogP contribution in [0.3, 0.4) is 0 Å². The third-order valence-corrected chi connectivity index (χ3v) is 4.90. The smallest absolute Gasteiger partial charge is 0.119 e. The summed E-state index contributed by atoms with van der Waals surface area (Å²) in [6.07, 6.45) is 0. The summed E-state index contributed by atoms with van der Waals surface area (Å²) < 4.78 is 6.89. The van der Waals surface area contributed by atoms with Crippen molar-refractivity contribution in [3.63, 3.8) is 0 Å². The lowest BCUT2D eigenvalue weighted by Crippen LogP contribution is -2.24. The van der Waals surface area contributed by atoms with Crippen LogP contribution in [0.25, 0.3) is 0 Å². The molecule has 0 amide bonds. The molecule has 0 saturated heterocycles. The summed E-state index contributed by atoms with van der Waals surface area (Å²) in [6, 6.07) is 10.6. The van der Waals surface area contributed by atoms with Crippen LogP contribution in [0.4, 0.5) is 0 Å². The van der Waals surface area contributed by atoms with Crippen molar-refractivity contribution >= 4 is 27.3 Å². The Balaban J connectivity index is 1.74. The normalized spacial score (nSPS) is 12.4. The molecule has 1 aromatic heterocycles. The molecule has 0 aliphatic heterocycles. The molecule has 0 radical (unpaired) electrons. The van der Waals surface area contributed by atoms with E-state index in [1.807, 2.05) is 12.1 Å². The van der Waals surface area contributed by atoms with Crippen molar-refractivity contribution in [3.8, 4) is 5.75 Å². The van der Waals surface area contributed by atoms with Crippen LogP contribution < -0.4 is 10.1 Å². The molecular weight excluding hydrogens is 322 g/mol. The molecule has 19 heavy (non-hydrogen) atoms. The summed E-state index contributed by atoms with van der Waals surface area (Å²) in [5.74, 6) is 0.937. The zero-order chi connectivity index (χ0) is 13.7. The highest BCUT2D eigenvalue weighted by Crippen LogP contribution is 2.28. The van der Waals surface area contributed by atoms with Gasteiger partial charge in [-0.3, -0.25) is 0 Å². The van der Waals surface area contributed by atoms with Crippen LogP contribution in [-0.2, 0) is 0 Å². The number of halogens is 1. The third kappa shape index (κ3) is 4.34. The maximum Gasteiger partial charge on any atom is 0.119 e. The van der Waals surface area contributed by atoms with Crippen LogP contribution >= 0.6 is 27.3 Å². The molecule has 2 nitrogen and oxygen atoms in total. The van der Waals surface area contributed by atoms with Gasteiger partial charge in [-0.2, -0.15) is 0 Å². The van der Waals surface area contributed by atoms with E-state index in [-0.39, 0.29) is 0 Å². The Kier molecular flexibility index (Phi) is 5.43. The van der Waals surface area contributed by atoms with Gasteiger partial charge in [0.2, 0.25) is 0 Å². The number of thiophene rings is 1. The first-order chi connectivity index (χ1) is 9.16. The Labute approximate surface area is 126 Å². The SMILES string of the molecule is Cc1cccc(OCCNC(C)c2sccc2Br)c1. The van der Waals surface area contributed by atoms with E-state index in [4.69, 9.17) is 4.74 Å². The van der Waals surface area contributed by atoms with Crippen molar-refractivity contribution in [1.29, 1.82) is 0 Å². The van der Waals surface area contributed by atoms with Crippen LogP contribution in [0.15, 0.2) is 40.2 Å². The van der Waals surface area contributed by atoms with E-state index in [2.05, 4.69) is 58.7 Å². The van der Waals surface area contributed by atoms with Crippen LogP contribution in [-0.4, -0.2) is 13.2 Å². The number of hydrogen-bond acceptors (Lipinski definition) is 3. The van der Waals surface area contributed by atoms with E-state index in [0.29, 0.717) is 12.6 Å². The first-order valence-corrected chi connectivity index (χ1v) is 8.00. The molecule has 1 atom stereocenters. The minimum atomic E-state index is 0.343. The highest BCUT2D eigenvalue weighted by atomic mass is 79.9. The van der Waals surface area contributed by atoms with Gasteiger partial charge in [0.1, 0.15) is 12.4 Å². The fourth-order valence-corrected chi connectivity index (χ4v) is 3.61. The number of ether oxygens (including phenoxy) is 1. The Morgan fingerprint density at radius 3 is 2.89 bits per heavy atom. The molecule has 0 aliphatic rings. The summed E-state index contributed by atoms with van der Waals surface area (Å²) in [7, 11) is 0. The molecule has 0 bridgehead atoms. The zero-order valence-electron chi connectivity index (χ0n) is 11.2. The summed E-state index contributed by atoms with van der Waals surface area (Å²) in [5.41, 5.74) is 1.22. The van der Waals surface area contributed by atoms with Crippen molar-refractivity contribution in [2.45, 2.75) is 19.9 Å². The van der Waals surface area contributed by atoms with Crippen molar-refractivity contribution in [3.05, 3.63) is 50.6 Å². The lowest BCUT2D eigenvalue weighted by molar-refractivity contribution is 0.308. The molecule has 4 heteroatoms. The molecule has 1 unspecified atom stereocenters. The van der Waals surface area contributed by atoms with E-state index in [0.717, 1.165) is 12.3 Å². The second-order valence-corrected chi connectivity index (χ2v) is 6.28. The van der Waals surface area contributed by atoms with Gasteiger partial charge in [-0.15, -0.1) is 11.3 Å². The molecule has 1 heterocycles.